The molecule has 1 amide bonds. The van der Waals surface area contributed by atoms with E-state index >= 15 is 0 Å². The van der Waals surface area contributed by atoms with Gasteiger partial charge in [0.2, 0.25) is 5.91 Å². The molecule has 0 spiro atoms. The molecule has 0 aliphatic carbocycles. The molecule has 0 atom stereocenters. The molecule has 0 aliphatic rings. The van der Waals surface area contributed by atoms with Crippen LogP contribution in [-0.2, 0) is 21.1 Å². The van der Waals surface area contributed by atoms with Gasteiger partial charge in [-0.15, -0.1) is 0 Å². The lowest BCUT2D eigenvalue weighted by Crippen LogP contribution is -2.26. The highest BCUT2D eigenvalue weighted by molar-refractivity contribution is 7.90. The van der Waals surface area contributed by atoms with Crippen molar-refractivity contribution >= 4 is 33.0 Å². The fourth-order valence-electron chi connectivity index (χ4n) is 2.65. The van der Waals surface area contributed by atoms with Crippen LogP contribution in [0.2, 0.25) is 5.02 Å². The van der Waals surface area contributed by atoms with Gasteiger partial charge in [-0.05, 0) is 36.4 Å². The third-order valence-corrected chi connectivity index (χ3v) is 5.73. The Kier molecular flexibility index (Phi) is 5.86. The number of oxazole rings is 1. The average Bonchev–Trinajstić information content (AvgIpc) is 3.14. The molecule has 0 radical (unpaired) electrons. The van der Waals surface area contributed by atoms with Crippen molar-refractivity contribution in [3.63, 3.8) is 0 Å². The summed E-state index contributed by atoms with van der Waals surface area (Å²) in [5.74, 6) is 0.867. The van der Waals surface area contributed by atoms with E-state index < -0.39 is 9.84 Å². The molecule has 0 saturated carbocycles. The summed E-state index contributed by atoms with van der Waals surface area (Å²) in [6.45, 7) is 0. The summed E-state index contributed by atoms with van der Waals surface area (Å²) in [4.78, 5) is 18.3. The second-order valence-electron chi connectivity index (χ2n) is 6.32. The van der Waals surface area contributed by atoms with Gasteiger partial charge in [0, 0.05) is 37.4 Å². The van der Waals surface area contributed by atoms with Crippen LogP contribution in [0.1, 0.15) is 12.3 Å². The summed E-state index contributed by atoms with van der Waals surface area (Å²) in [5.41, 5.74) is 1.36. The maximum atomic E-state index is 12.4. The number of aromatic nitrogens is 1. The van der Waals surface area contributed by atoms with Gasteiger partial charge in [0.25, 0.3) is 0 Å². The van der Waals surface area contributed by atoms with E-state index in [4.69, 9.17) is 16.0 Å². The van der Waals surface area contributed by atoms with Gasteiger partial charge in [-0.1, -0.05) is 23.7 Å². The van der Waals surface area contributed by atoms with Gasteiger partial charge in [0.1, 0.15) is 0 Å². The number of nitrogens with zero attached hydrogens (tertiary/aromatic N) is 2. The predicted molar refractivity (Wildman–Crippen MR) is 108 cm³/mol. The van der Waals surface area contributed by atoms with E-state index in [9.17, 15) is 13.2 Å². The van der Waals surface area contributed by atoms with Gasteiger partial charge < -0.3 is 9.32 Å². The summed E-state index contributed by atoms with van der Waals surface area (Å²) < 4.78 is 28.8. The SMILES string of the molecule is CN(C(=O)CCc1ncc(-c2ccccc2Cl)o1)c1ccc(S(C)(=O)=O)cc1. The van der Waals surface area contributed by atoms with Gasteiger partial charge in [-0.2, -0.15) is 0 Å². The molecule has 1 aromatic heterocycles. The maximum absolute atomic E-state index is 12.4. The number of aryl methyl sites for hydroxylation is 1. The van der Waals surface area contributed by atoms with Crippen molar-refractivity contribution in [1.29, 1.82) is 0 Å². The highest BCUT2D eigenvalue weighted by atomic mass is 35.5. The topological polar surface area (TPSA) is 80.5 Å². The standard InChI is InChI=1S/C20H19ClN2O4S/c1-23(14-7-9-15(10-8-14)28(2,25)26)20(24)12-11-19-22-13-18(27-19)16-5-3-4-6-17(16)21/h3-10,13H,11-12H2,1-2H3. The molecule has 0 N–H and O–H groups in total. The highest BCUT2D eigenvalue weighted by Crippen LogP contribution is 2.28. The third kappa shape index (κ3) is 4.61. The number of benzene rings is 2. The minimum absolute atomic E-state index is 0.135. The van der Waals surface area contributed by atoms with Crippen molar-refractivity contribution in [2.24, 2.45) is 0 Å². The Balaban J connectivity index is 1.63. The summed E-state index contributed by atoms with van der Waals surface area (Å²) >= 11 is 6.16. The van der Waals surface area contributed by atoms with Crippen molar-refractivity contribution in [1.82, 2.24) is 4.98 Å². The molecule has 0 saturated heterocycles. The first kappa shape index (κ1) is 20.1. The molecular weight excluding hydrogens is 400 g/mol. The third-order valence-electron chi connectivity index (χ3n) is 4.27. The van der Waals surface area contributed by atoms with E-state index in [1.54, 1.807) is 31.4 Å². The van der Waals surface area contributed by atoms with Crippen LogP contribution in [0.15, 0.2) is 64.0 Å². The normalized spacial score (nSPS) is 11.4. The summed E-state index contributed by atoms with van der Waals surface area (Å²) in [7, 11) is -1.63. The minimum atomic E-state index is -3.27. The van der Waals surface area contributed by atoms with Gasteiger partial charge in [0.15, 0.2) is 21.5 Å². The molecule has 3 rings (SSSR count). The Morgan fingerprint density at radius 1 is 1.14 bits per heavy atom. The summed E-state index contributed by atoms with van der Waals surface area (Å²) in [6, 6.07) is 13.5. The number of halogens is 1. The molecular formula is C20H19ClN2O4S. The van der Waals surface area contributed by atoms with Crippen molar-refractivity contribution in [3.8, 4) is 11.3 Å². The van der Waals surface area contributed by atoms with Crippen LogP contribution in [0.5, 0.6) is 0 Å². The van der Waals surface area contributed by atoms with Crippen LogP contribution in [0.4, 0.5) is 5.69 Å². The zero-order valence-corrected chi connectivity index (χ0v) is 17.0. The Morgan fingerprint density at radius 2 is 1.82 bits per heavy atom. The lowest BCUT2D eigenvalue weighted by Gasteiger charge is -2.17. The van der Waals surface area contributed by atoms with E-state index in [0.29, 0.717) is 28.8 Å². The van der Waals surface area contributed by atoms with Gasteiger partial charge in [0.05, 0.1) is 16.1 Å². The van der Waals surface area contributed by atoms with E-state index in [-0.39, 0.29) is 17.2 Å². The van der Waals surface area contributed by atoms with Crippen molar-refractivity contribution in [3.05, 3.63) is 65.6 Å². The number of rotatable bonds is 6. The van der Waals surface area contributed by atoms with Crippen LogP contribution in [-0.4, -0.2) is 32.6 Å². The Morgan fingerprint density at radius 3 is 2.46 bits per heavy atom. The summed E-state index contributed by atoms with van der Waals surface area (Å²) in [6.07, 6.45) is 3.28. The second-order valence-corrected chi connectivity index (χ2v) is 8.74. The Bertz CT molecular complexity index is 1090. The fourth-order valence-corrected chi connectivity index (χ4v) is 3.51. The van der Waals surface area contributed by atoms with Crippen LogP contribution >= 0.6 is 11.6 Å². The van der Waals surface area contributed by atoms with Crippen LogP contribution in [0, 0.1) is 0 Å². The average molecular weight is 419 g/mol. The summed E-state index contributed by atoms with van der Waals surface area (Å²) in [5, 5.41) is 0.568. The lowest BCUT2D eigenvalue weighted by molar-refractivity contribution is -0.118. The molecule has 1 heterocycles. The first-order chi connectivity index (χ1) is 13.3. The van der Waals surface area contributed by atoms with Gasteiger partial charge in [-0.3, -0.25) is 4.79 Å². The van der Waals surface area contributed by atoms with Crippen LogP contribution in [0.25, 0.3) is 11.3 Å². The Hall–Kier alpha value is -2.64. The molecule has 0 unspecified atom stereocenters. The molecule has 0 bridgehead atoms. The number of anilines is 1. The number of hydrogen-bond acceptors (Lipinski definition) is 5. The zero-order chi connectivity index (χ0) is 20.3. The number of sulfone groups is 1. The molecule has 3 aromatic rings. The number of amides is 1. The van der Waals surface area contributed by atoms with Crippen molar-refractivity contribution in [2.45, 2.75) is 17.7 Å². The molecule has 0 fully saturated rings. The van der Waals surface area contributed by atoms with Crippen molar-refractivity contribution < 1.29 is 17.6 Å². The largest absolute Gasteiger partial charge is 0.441 e. The smallest absolute Gasteiger partial charge is 0.227 e. The van der Waals surface area contributed by atoms with E-state index in [1.165, 1.54) is 17.0 Å². The first-order valence-corrected chi connectivity index (χ1v) is 10.8. The monoisotopic (exact) mass is 418 g/mol. The zero-order valence-electron chi connectivity index (χ0n) is 15.4. The van der Waals surface area contributed by atoms with Gasteiger partial charge in [-0.25, -0.2) is 13.4 Å². The van der Waals surface area contributed by atoms with E-state index in [0.717, 1.165) is 11.8 Å². The second kappa shape index (κ2) is 8.16. The van der Waals surface area contributed by atoms with Crippen LogP contribution < -0.4 is 4.90 Å². The predicted octanol–water partition coefficient (Wildman–Crippen LogP) is 3.99. The number of carbonyl (C=O) groups excluding carboxylic acids is 1. The van der Waals surface area contributed by atoms with E-state index in [1.807, 2.05) is 18.2 Å². The highest BCUT2D eigenvalue weighted by Gasteiger charge is 2.15. The first-order valence-electron chi connectivity index (χ1n) is 8.52. The quantitative estimate of drug-likeness (QED) is 0.604. The molecule has 146 valence electrons. The Labute approximate surface area is 168 Å². The fraction of sp³-hybridized carbons (Fsp3) is 0.200. The van der Waals surface area contributed by atoms with Crippen LogP contribution in [0.3, 0.4) is 0 Å². The maximum Gasteiger partial charge on any atom is 0.227 e. The molecule has 0 aliphatic heterocycles. The van der Waals surface area contributed by atoms with E-state index in [2.05, 4.69) is 4.98 Å². The molecule has 6 nitrogen and oxygen atoms in total. The molecule has 28 heavy (non-hydrogen) atoms. The van der Waals surface area contributed by atoms with Crippen molar-refractivity contribution in [2.75, 3.05) is 18.2 Å². The molecule has 8 heteroatoms. The van der Waals surface area contributed by atoms with Gasteiger partial charge >= 0.3 is 0 Å². The lowest BCUT2D eigenvalue weighted by atomic mass is 10.2. The minimum Gasteiger partial charge on any atom is -0.441 e. The number of carbonyl (C=O) groups is 1. The molecule has 2 aromatic carbocycles. The number of hydrogen-bond donors (Lipinski definition) is 0.